The fraction of sp³-hybridized carbons (Fsp3) is 0.235. The molecule has 0 aliphatic rings. The molecule has 27 heavy (non-hydrogen) atoms. The minimum absolute atomic E-state index is 0.123. The number of para-hydroxylation sites is 2. The topological polar surface area (TPSA) is 115 Å². The van der Waals surface area contributed by atoms with E-state index in [2.05, 4.69) is 25.9 Å². The second-order valence-electron chi connectivity index (χ2n) is 5.67. The first-order valence-electron chi connectivity index (χ1n) is 8.12. The van der Waals surface area contributed by atoms with Crippen LogP contribution in [0.25, 0.3) is 5.69 Å². The van der Waals surface area contributed by atoms with Gasteiger partial charge < -0.3 is 15.2 Å². The summed E-state index contributed by atoms with van der Waals surface area (Å²) in [5.74, 6) is 0.624. The number of thioether (sulfide) groups is 1. The molecule has 1 unspecified atom stereocenters. The summed E-state index contributed by atoms with van der Waals surface area (Å²) in [5, 5.41) is 12.8. The van der Waals surface area contributed by atoms with Crippen molar-refractivity contribution in [3.05, 3.63) is 48.7 Å². The normalized spacial score (nSPS) is 11.8. The SMILES string of the molecule is Cc1cc(NC(=O)C(C)SCC(=O)Nc2ccccc2-n2cncn2)no1. The first-order chi connectivity index (χ1) is 13.0. The molecule has 0 fully saturated rings. The number of hydrogen-bond acceptors (Lipinski definition) is 7. The number of carbonyl (C=O) groups is 2. The van der Waals surface area contributed by atoms with Gasteiger partial charge in [0.15, 0.2) is 5.82 Å². The quantitative estimate of drug-likeness (QED) is 0.640. The Morgan fingerprint density at radius 2 is 2.11 bits per heavy atom. The second kappa shape index (κ2) is 8.49. The van der Waals surface area contributed by atoms with E-state index in [1.165, 1.54) is 18.1 Å². The van der Waals surface area contributed by atoms with Crippen LogP contribution in [0.2, 0.25) is 0 Å². The minimum Gasteiger partial charge on any atom is -0.360 e. The zero-order valence-corrected chi connectivity index (χ0v) is 15.6. The highest BCUT2D eigenvalue weighted by Crippen LogP contribution is 2.20. The van der Waals surface area contributed by atoms with Gasteiger partial charge >= 0.3 is 0 Å². The summed E-state index contributed by atoms with van der Waals surface area (Å²) >= 11 is 1.22. The van der Waals surface area contributed by atoms with Gasteiger partial charge in [-0.15, -0.1) is 11.8 Å². The molecule has 1 atom stereocenters. The van der Waals surface area contributed by atoms with Crippen molar-refractivity contribution in [1.82, 2.24) is 19.9 Å². The number of amides is 2. The first-order valence-corrected chi connectivity index (χ1v) is 9.17. The predicted molar refractivity (Wildman–Crippen MR) is 102 cm³/mol. The molecular weight excluding hydrogens is 368 g/mol. The van der Waals surface area contributed by atoms with Crippen molar-refractivity contribution in [3.63, 3.8) is 0 Å². The Bertz CT molecular complexity index is 924. The molecule has 3 aromatic rings. The third-order valence-electron chi connectivity index (χ3n) is 3.56. The van der Waals surface area contributed by atoms with Gasteiger partial charge in [-0.25, -0.2) is 9.67 Å². The molecule has 2 heterocycles. The van der Waals surface area contributed by atoms with Crippen molar-refractivity contribution in [2.24, 2.45) is 0 Å². The second-order valence-corrected chi connectivity index (χ2v) is 7.00. The van der Waals surface area contributed by atoms with Crippen molar-refractivity contribution < 1.29 is 14.1 Å². The van der Waals surface area contributed by atoms with Gasteiger partial charge in [0.25, 0.3) is 0 Å². The highest BCUT2D eigenvalue weighted by atomic mass is 32.2. The molecule has 0 bridgehead atoms. The number of nitrogens with zero attached hydrogens (tertiary/aromatic N) is 4. The maximum absolute atomic E-state index is 12.3. The van der Waals surface area contributed by atoms with E-state index in [1.807, 2.05) is 18.2 Å². The highest BCUT2D eigenvalue weighted by Gasteiger charge is 2.17. The van der Waals surface area contributed by atoms with E-state index in [0.717, 1.165) is 0 Å². The molecule has 140 valence electrons. The Morgan fingerprint density at radius 1 is 1.30 bits per heavy atom. The van der Waals surface area contributed by atoms with Crippen molar-refractivity contribution in [2.75, 3.05) is 16.4 Å². The standard InChI is InChI=1S/C17H18N6O3S/c1-11-7-15(22-26-11)21-17(25)12(2)27-8-16(24)20-13-5-3-4-6-14(13)23-10-18-9-19-23/h3-7,9-10,12H,8H2,1-2H3,(H,20,24)(H,21,22,25). The summed E-state index contributed by atoms with van der Waals surface area (Å²) in [7, 11) is 0. The molecule has 0 aliphatic heterocycles. The summed E-state index contributed by atoms with van der Waals surface area (Å²) in [6, 6.07) is 8.90. The summed E-state index contributed by atoms with van der Waals surface area (Å²) in [6.45, 7) is 3.46. The van der Waals surface area contributed by atoms with Crippen LogP contribution in [0.5, 0.6) is 0 Å². The molecule has 0 saturated heterocycles. The van der Waals surface area contributed by atoms with Gasteiger partial charge in [0.2, 0.25) is 11.8 Å². The molecule has 2 aromatic heterocycles. The Kier molecular flexibility index (Phi) is 5.87. The van der Waals surface area contributed by atoms with Crippen LogP contribution in [-0.4, -0.2) is 42.7 Å². The van der Waals surface area contributed by atoms with Crippen molar-refractivity contribution in [2.45, 2.75) is 19.1 Å². The number of aromatic nitrogens is 4. The maximum atomic E-state index is 12.3. The number of benzene rings is 1. The monoisotopic (exact) mass is 386 g/mol. The molecule has 3 rings (SSSR count). The van der Waals surface area contributed by atoms with E-state index in [1.54, 1.807) is 37.0 Å². The third-order valence-corrected chi connectivity index (χ3v) is 4.70. The number of aryl methyl sites for hydroxylation is 1. The van der Waals surface area contributed by atoms with E-state index in [0.29, 0.717) is 23.0 Å². The first kappa shape index (κ1) is 18.6. The maximum Gasteiger partial charge on any atom is 0.238 e. The zero-order valence-electron chi connectivity index (χ0n) is 14.7. The lowest BCUT2D eigenvalue weighted by Gasteiger charge is -2.12. The number of carbonyl (C=O) groups excluding carboxylic acids is 2. The molecule has 0 aliphatic carbocycles. The Hall–Kier alpha value is -3.14. The van der Waals surface area contributed by atoms with Crippen LogP contribution in [0.3, 0.4) is 0 Å². The van der Waals surface area contributed by atoms with E-state index in [-0.39, 0.29) is 17.6 Å². The number of nitrogens with one attached hydrogen (secondary N) is 2. The van der Waals surface area contributed by atoms with Crippen LogP contribution in [0.15, 0.2) is 47.5 Å². The number of rotatable bonds is 7. The van der Waals surface area contributed by atoms with Crippen LogP contribution in [0, 0.1) is 6.92 Å². The summed E-state index contributed by atoms with van der Waals surface area (Å²) < 4.78 is 6.47. The third kappa shape index (κ3) is 4.94. The van der Waals surface area contributed by atoms with Gasteiger partial charge in [-0.1, -0.05) is 17.3 Å². The lowest BCUT2D eigenvalue weighted by atomic mass is 10.2. The molecule has 9 nitrogen and oxygen atoms in total. The lowest BCUT2D eigenvalue weighted by molar-refractivity contribution is -0.115. The fourth-order valence-electron chi connectivity index (χ4n) is 2.23. The van der Waals surface area contributed by atoms with Gasteiger partial charge in [0.1, 0.15) is 18.4 Å². The number of anilines is 2. The van der Waals surface area contributed by atoms with Crippen molar-refractivity contribution >= 4 is 35.1 Å². The molecule has 0 radical (unpaired) electrons. The average molecular weight is 386 g/mol. The van der Waals surface area contributed by atoms with Gasteiger partial charge in [-0.05, 0) is 26.0 Å². The van der Waals surface area contributed by atoms with Crippen molar-refractivity contribution in [3.8, 4) is 5.69 Å². The molecule has 0 spiro atoms. The molecule has 10 heteroatoms. The van der Waals surface area contributed by atoms with Crippen LogP contribution < -0.4 is 10.6 Å². The van der Waals surface area contributed by atoms with Gasteiger partial charge in [0, 0.05) is 6.07 Å². The Morgan fingerprint density at radius 3 is 2.81 bits per heavy atom. The smallest absolute Gasteiger partial charge is 0.238 e. The van der Waals surface area contributed by atoms with Crippen LogP contribution in [-0.2, 0) is 9.59 Å². The fourth-order valence-corrected chi connectivity index (χ4v) is 2.91. The largest absolute Gasteiger partial charge is 0.360 e. The van der Waals surface area contributed by atoms with Crippen LogP contribution in [0.4, 0.5) is 11.5 Å². The summed E-state index contributed by atoms with van der Waals surface area (Å²) in [4.78, 5) is 28.3. The molecule has 1 aromatic carbocycles. The molecule has 2 amide bonds. The van der Waals surface area contributed by atoms with Gasteiger partial charge in [0.05, 0.1) is 22.4 Å². The Balaban J connectivity index is 1.53. The van der Waals surface area contributed by atoms with Crippen molar-refractivity contribution in [1.29, 1.82) is 0 Å². The average Bonchev–Trinajstić information content (AvgIpc) is 3.32. The van der Waals surface area contributed by atoms with Gasteiger partial charge in [-0.2, -0.15) is 5.10 Å². The highest BCUT2D eigenvalue weighted by molar-refractivity contribution is 8.01. The lowest BCUT2D eigenvalue weighted by Crippen LogP contribution is -2.25. The van der Waals surface area contributed by atoms with E-state index < -0.39 is 5.25 Å². The van der Waals surface area contributed by atoms with E-state index in [9.17, 15) is 9.59 Å². The van der Waals surface area contributed by atoms with Gasteiger partial charge in [-0.3, -0.25) is 9.59 Å². The zero-order chi connectivity index (χ0) is 19.2. The summed E-state index contributed by atoms with van der Waals surface area (Å²) in [5.41, 5.74) is 1.32. The van der Waals surface area contributed by atoms with E-state index in [4.69, 9.17) is 4.52 Å². The predicted octanol–water partition coefficient (Wildman–Crippen LogP) is 2.26. The van der Waals surface area contributed by atoms with Crippen LogP contribution >= 0.6 is 11.8 Å². The van der Waals surface area contributed by atoms with E-state index >= 15 is 0 Å². The summed E-state index contributed by atoms with van der Waals surface area (Å²) in [6.07, 6.45) is 2.98. The molecule has 0 saturated carbocycles. The number of hydrogen-bond donors (Lipinski definition) is 2. The minimum atomic E-state index is -0.432. The molecular formula is C17H18N6O3S. The Labute approximate surface area is 159 Å². The molecule has 2 N–H and O–H groups in total. The van der Waals surface area contributed by atoms with Crippen LogP contribution in [0.1, 0.15) is 12.7 Å².